The minimum atomic E-state index is -0.766. The van der Waals surface area contributed by atoms with Gasteiger partial charge in [-0.15, -0.1) is 6.58 Å². The van der Waals surface area contributed by atoms with Crippen molar-refractivity contribution in [1.29, 1.82) is 0 Å². The summed E-state index contributed by atoms with van der Waals surface area (Å²) in [6, 6.07) is 29.6. The first kappa shape index (κ1) is 26.2. The molecule has 3 aromatic rings. The monoisotopic (exact) mass is 490 g/mol. The first-order valence-electron chi connectivity index (χ1n) is 12.2. The Hall–Kier alpha value is -2.84. The van der Waals surface area contributed by atoms with Crippen LogP contribution in [0.3, 0.4) is 0 Å². The first-order valence-corrected chi connectivity index (χ1v) is 12.2. The Labute approximate surface area is 213 Å². The summed E-state index contributed by atoms with van der Waals surface area (Å²) >= 11 is 0. The third-order valence-electron chi connectivity index (χ3n) is 6.01. The smallest absolute Gasteiger partial charge is 0.187 e. The van der Waals surface area contributed by atoms with Crippen LogP contribution in [0.1, 0.15) is 16.7 Å². The average molecular weight is 491 g/mol. The van der Waals surface area contributed by atoms with Crippen LogP contribution in [0.5, 0.6) is 0 Å². The van der Waals surface area contributed by atoms with Gasteiger partial charge >= 0.3 is 0 Å². The second-order valence-corrected chi connectivity index (χ2v) is 8.63. The van der Waals surface area contributed by atoms with Gasteiger partial charge in [-0.25, -0.2) is 0 Å². The number of hydrogen-bond donors (Lipinski definition) is 1. The maximum absolute atomic E-state index is 10.2. The lowest BCUT2D eigenvalue weighted by Crippen LogP contribution is -2.61. The maximum Gasteiger partial charge on any atom is 0.187 e. The summed E-state index contributed by atoms with van der Waals surface area (Å²) in [6.07, 6.45) is -1.46. The van der Waals surface area contributed by atoms with Crippen molar-refractivity contribution < 1.29 is 28.8 Å². The highest BCUT2D eigenvalue weighted by atomic mass is 16.7. The van der Waals surface area contributed by atoms with E-state index < -0.39 is 30.7 Å². The third-order valence-corrected chi connectivity index (χ3v) is 6.01. The fourth-order valence-corrected chi connectivity index (χ4v) is 4.19. The van der Waals surface area contributed by atoms with Gasteiger partial charge in [0.2, 0.25) is 0 Å². The molecule has 36 heavy (non-hydrogen) atoms. The highest BCUT2D eigenvalue weighted by molar-refractivity contribution is 5.15. The quantitative estimate of drug-likeness (QED) is 0.352. The molecule has 3 aromatic carbocycles. The van der Waals surface area contributed by atoms with Crippen LogP contribution >= 0.6 is 0 Å². The van der Waals surface area contributed by atoms with Crippen LogP contribution in [0, 0.1) is 0 Å². The Bertz CT molecular complexity index is 1010. The molecule has 0 radical (unpaired) electrons. The lowest BCUT2D eigenvalue weighted by Gasteiger charge is -2.45. The van der Waals surface area contributed by atoms with Crippen LogP contribution in [-0.2, 0) is 43.5 Å². The summed E-state index contributed by atoms with van der Waals surface area (Å²) in [5.41, 5.74) is 3.04. The predicted octanol–water partition coefficient (Wildman–Crippen LogP) is 4.66. The fourth-order valence-electron chi connectivity index (χ4n) is 4.19. The van der Waals surface area contributed by atoms with Crippen molar-refractivity contribution in [3.05, 3.63) is 120 Å². The molecule has 0 aliphatic carbocycles. The van der Waals surface area contributed by atoms with Crippen molar-refractivity contribution in [3.63, 3.8) is 0 Å². The van der Waals surface area contributed by atoms with Crippen molar-refractivity contribution in [2.75, 3.05) is 13.2 Å². The van der Waals surface area contributed by atoms with Gasteiger partial charge in [0.15, 0.2) is 6.29 Å². The van der Waals surface area contributed by atoms with Gasteiger partial charge < -0.3 is 28.8 Å². The van der Waals surface area contributed by atoms with Gasteiger partial charge in [-0.1, -0.05) is 97.1 Å². The van der Waals surface area contributed by atoms with Gasteiger partial charge in [0.05, 0.1) is 33.0 Å². The molecule has 1 aliphatic rings. The Morgan fingerprint density at radius 1 is 0.639 bits per heavy atom. The highest BCUT2D eigenvalue weighted by Gasteiger charge is 2.48. The summed E-state index contributed by atoms with van der Waals surface area (Å²) in [6.45, 7) is 4.88. The molecule has 6 heteroatoms. The molecule has 0 spiro atoms. The van der Waals surface area contributed by atoms with E-state index in [9.17, 15) is 5.11 Å². The Morgan fingerprint density at radius 3 is 1.58 bits per heavy atom. The van der Waals surface area contributed by atoms with E-state index in [1.54, 1.807) is 6.08 Å². The van der Waals surface area contributed by atoms with Crippen LogP contribution in [0.4, 0.5) is 0 Å². The Morgan fingerprint density at radius 2 is 1.11 bits per heavy atom. The molecule has 1 heterocycles. The molecule has 0 aromatic heterocycles. The van der Waals surface area contributed by atoms with E-state index in [0.29, 0.717) is 26.4 Å². The normalized spacial score (nSPS) is 23.9. The topological polar surface area (TPSA) is 66.4 Å². The summed E-state index contributed by atoms with van der Waals surface area (Å²) in [7, 11) is 0. The summed E-state index contributed by atoms with van der Waals surface area (Å²) in [5.74, 6) is 0. The third kappa shape index (κ3) is 7.34. The highest BCUT2D eigenvalue weighted by Crippen LogP contribution is 2.31. The molecule has 0 saturated carbocycles. The zero-order valence-electron chi connectivity index (χ0n) is 20.4. The van der Waals surface area contributed by atoms with E-state index in [1.807, 2.05) is 91.0 Å². The van der Waals surface area contributed by atoms with Gasteiger partial charge in [-0.2, -0.15) is 0 Å². The average Bonchev–Trinajstić information content (AvgIpc) is 2.94. The molecule has 5 atom stereocenters. The van der Waals surface area contributed by atoms with E-state index in [-0.39, 0.29) is 6.61 Å². The molecule has 190 valence electrons. The molecule has 0 unspecified atom stereocenters. The van der Waals surface area contributed by atoms with Crippen molar-refractivity contribution in [2.24, 2.45) is 0 Å². The molecule has 0 bridgehead atoms. The van der Waals surface area contributed by atoms with Crippen LogP contribution in [0.2, 0.25) is 0 Å². The molecule has 0 amide bonds. The van der Waals surface area contributed by atoms with Gasteiger partial charge in [0, 0.05) is 0 Å². The second kappa shape index (κ2) is 14.0. The van der Waals surface area contributed by atoms with E-state index in [0.717, 1.165) is 16.7 Å². The van der Waals surface area contributed by atoms with Crippen LogP contribution in [0.25, 0.3) is 0 Å². The number of hydrogen-bond acceptors (Lipinski definition) is 6. The van der Waals surface area contributed by atoms with E-state index >= 15 is 0 Å². The molecular formula is C30H34O6. The van der Waals surface area contributed by atoms with Gasteiger partial charge in [-0.05, 0) is 16.7 Å². The molecular weight excluding hydrogens is 456 g/mol. The van der Waals surface area contributed by atoms with Crippen LogP contribution < -0.4 is 0 Å². The van der Waals surface area contributed by atoms with E-state index in [1.165, 1.54) is 0 Å². The number of aliphatic hydroxyl groups is 1. The SMILES string of the molecule is C=CCO[C@@H]1[C@@H](OCc2ccccc2)[C@H](OCc2ccccc2)O[C@H](CO)[C@H]1OCc1ccccc1. The molecule has 6 nitrogen and oxygen atoms in total. The summed E-state index contributed by atoms with van der Waals surface area (Å²) in [5, 5.41) is 10.2. The lowest BCUT2D eigenvalue weighted by atomic mass is 9.98. The van der Waals surface area contributed by atoms with Gasteiger partial charge in [-0.3, -0.25) is 0 Å². The molecule has 4 rings (SSSR count). The number of benzene rings is 3. The van der Waals surface area contributed by atoms with Crippen molar-refractivity contribution >= 4 is 0 Å². The number of ether oxygens (including phenoxy) is 5. The first-order chi connectivity index (χ1) is 17.8. The number of rotatable bonds is 13. The largest absolute Gasteiger partial charge is 0.394 e. The van der Waals surface area contributed by atoms with Crippen LogP contribution in [-0.4, -0.2) is 49.0 Å². The maximum atomic E-state index is 10.2. The fraction of sp³-hybridized carbons (Fsp3) is 0.333. The zero-order valence-corrected chi connectivity index (χ0v) is 20.4. The van der Waals surface area contributed by atoms with Crippen LogP contribution in [0.15, 0.2) is 104 Å². The predicted molar refractivity (Wildman–Crippen MR) is 137 cm³/mol. The molecule has 1 saturated heterocycles. The van der Waals surface area contributed by atoms with Crippen molar-refractivity contribution in [2.45, 2.75) is 50.5 Å². The Kier molecular flexibility index (Phi) is 10.2. The summed E-state index contributed by atoms with van der Waals surface area (Å²) in [4.78, 5) is 0. The summed E-state index contributed by atoms with van der Waals surface area (Å²) < 4.78 is 31.3. The van der Waals surface area contributed by atoms with Gasteiger partial charge in [0.1, 0.15) is 24.4 Å². The minimum absolute atomic E-state index is 0.246. The second-order valence-electron chi connectivity index (χ2n) is 8.63. The molecule has 1 aliphatic heterocycles. The standard InChI is InChI=1S/C30H34O6/c1-2-18-32-28-27(33-20-23-12-6-3-7-13-23)26(19-31)36-30(35-22-25-16-10-5-11-17-25)29(28)34-21-24-14-8-4-9-15-24/h2-17,26-31H,1,18-22H2/t26-,27-,28+,29-,30-/m1/s1. The van der Waals surface area contributed by atoms with Crippen molar-refractivity contribution in [3.8, 4) is 0 Å². The van der Waals surface area contributed by atoms with E-state index in [2.05, 4.69) is 6.58 Å². The zero-order chi connectivity index (χ0) is 25.0. The van der Waals surface area contributed by atoms with Crippen molar-refractivity contribution in [1.82, 2.24) is 0 Å². The number of aliphatic hydroxyl groups excluding tert-OH is 1. The molecule has 1 N–H and O–H groups in total. The Balaban J connectivity index is 1.56. The van der Waals surface area contributed by atoms with Gasteiger partial charge in [0.25, 0.3) is 0 Å². The molecule has 1 fully saturated rings. The van der Waals surface area contributed by atoms with E-state index in [4.69, 9.17) is 23.7 Å². The minimum Gasteiger partial charge on any atom is -0.394 e. The lowest BCUT2D eigenvalue weighted by molar-refractivity contribution is -0.326.